The van der Waals surface area contributed by atoms with Gasteiger partial charge in [0.1, 0.15) is 5.82 Å². The van der Waals surface area contributed by atoms with Gasteiger partial charge in [-0.25, -0.2) is 9.18 Å². The fourth-order valence-electron chi connectivity index (χ4n) is 2.77. The lowest BCUT2D eigenvalue weighted by Crippen LogP contribution is -2.39. The quantitative estimate of drug-likeness (QED) is 0.920. The fraction of sp³-hybridized carbons (Fsp3) is 0.188. The maximum Gasteiger partial charge on any atom is 0.331 e. The number of nitrogens with zero attached hydrogens (tertiary/aromatic N) is 1. The van der Waals surface area contributed by atoms with Gasteiger partial charge < -0.3 is 10.0 Å². The van der Waals surface area contributed by atoms with Crippen LogP contribution < -0.4 is 4.90 Å². The van der Waals surface area contributed by atoms with Crippen LogP contribution in [0.1, 0.15) is 17.2 Å². The SMILES string of the molecule is O=C(O)[C@@H]1c2ccc(F)cc2CCN1c1ccc(Cl)cc1. The minimum Gasteiger partial charge on any atom is -0.479 e. The van der Waals surface area contributed by atoms with E-state index in [0.29, 0.717) is 23.6 Å². The van der Waals surface area contributed by atoms with E-state index in [1.54, 1.807) is 35.2 Å². The van der Waals surface area contributed by atoms with Crippen LogP contribution in [0.25, 0.3) is 0 Å². The zero-order chi connectivity index (χ0) is 15.0. The highest BCUT2D eigenvalue weighted by molar-refractivity contribution is 6.30. The molecule has 108 valence electrons. The summed E-state index contributed by atoms with van der Waals surface area (Å²) in [7, 11) is 0. The standard InChI is InChI=1S/C16H13ClFNO2/c17-11-1-4-13(5-2-11)19-8-7-10-9-12(18)3-6-14(10)15(19)16(20)21/h1-6,9,15H,7-8H2,(H,20,21)/t15-/m0/s1. The van der Waals surface area contributed by atoms with E-state index in [-0.39, 0.29) is 5.82 Å². The van der Waals surface area contributed by atoms with E-state index < -0.39 is 12.0 Å². The third-order valence-electron chi connectivity index (χ3n) is 3.73. The molecule has 0 fully saturated rings. The largest absolute Gasteiger partial charge is 0.479 e. The summed E-state index contributed by atoms with van der Waals surface area (Å²) >= 11 is 5.87. The molecule has 3 rings (SSSR count). The van der Waals surface area contributed by atoms with Crippen molar-refractivity contribution in [2.75, 3.05) is 11.4 Å². The predicted octanol–water partition coefficient (Wildman–Crippen LogP) is 3.67. The number of carboxylic acids is 1. The Bertz CT molecular complexity index is 687. The maximum atomic E-state index is 13.3. The lowest BCUT2D eigenvalue weighted by molar-refractivity contribution is -0.138. The molecular weight excluding hydrogens is 293 g/mol. The zero-order valence-corrected chi connectivity index (χ0v) is 11.8. The topological polar surface area (TPSA) is 40.5 Å². The molecule has 5 heteroatoms. The van der Waals surface area contributed by atoms with Gasteiger partial charge in [-0.05, 0) is 53.9 Å². The van der Waals surface area contributed by atoms with Crippen molar-refractivity contribution in [1.29, 1.82) is 0 Å². The number of rotatable bonds is 2. The second-order valence-electron chi connectivity index (χ2n) is 5.00. The van der Waals surface area contributed by atoms with Gasteiger partial charge in [0.05, 0.1) is 0 Å². The van der Waals surface area contributed by atoms with Crippen molar-refractivity contribution in [2.24, 2.45) is 0 Å². The Balaban J connectivity index is 2.05. The zero-order valence-electron chi connectivity index (χ0n) is 11.1. The average molecular weight is 306 g/mol. The van der Waals surface area contributed by atoms with Crippen molar-refractivity contribution in [3.05, 3.63) is 64.4 Å². The summed E-state index contributed by atoms with van der Waals surface area (Å²) in [6, 6.07) is 10.5. The van der Waals surface area contributed by atoms with Gasteiger partial charge in [-0.3, -0.25) is 0 Å². The molecule has 0 aliphatic carbocycles. The number of hydrogen-bond donors (Lipinski definition) is 1. The van der Waals surface area contributed by atoms with Crippen molar-refractivity contribution < 1.29 is 14.3 Å². The first-order valence-electron chi connectivity index (χ1n) is 6.59. The number of carboxylic acid groups (broad SMARTS) is 1. The number of aliphatic carboxylic acids is 1. The Hall–Kier alpha value is -2.07. The summed E-state index contributed by atoms with van der Waals surface area (Å²) in [5, 5.41) is 10.2. The third kappa shape index (κ3) is 2.59. The van der Waals surface area contributed by atoms with E-state index in [1.807, 2.05) is 0 Å². The van der Waals surface area contributed by atoms with Crippen LogP contribution in [0.15, 0.2) is 42.5 Å². The van der Waals surface area contributed by atoms with E-state index in [1.165, 1.54) is 12.1 Å². The van der Waals surface area contributed by atoms with Gasteiger partial charge in [0, 0.05) is 17.3 Å². The molecular formula is C16H13ClFNO2. The van der Waals surface area contributed by atoms with Crippen LogP contribution in [-0.2, 0) is 11.2 Å². The summed E-state index contributed by atoms with van der Waals surface area (Å²) < 4.78 is 13.3. The number of benzene rings is 2. The van der Waals surface area contributed by atoms with Gasteiger partial charge in [0.25, 0.3) is 0 Å². The highest BCUT2D eigenvalue weighted by Gasteiger charge is 2.33. The first kappa shape index (κ1) is 13.9. The number of carbonyl (C=O) groups is 1. The van der Waals surface area contributed by atoms with Gasteiger partial charge in [0.15, 0.2) is 6.04 Å². The van der Waals surface area contributed by atoms with Crippen LogP contribution in [-0.4, -0.2) is 17.6 Å². The van der Waals surface area contributed by atoms with Crippen LogP contribution in [0, 0.1) is 5.82 Å². The van der Waals surface area contributed by atoms with Gasteiger partial charge in [-0.1, -0.05) is 17.7 Å². The highest BCUT2D eigenvalue weighted by atomic mass is 35.5. The Morgan fingerprint density at radius 1 is 1.24 bits per heavy atom. The van der Waals surface area contributed by atoms with E-state index in [0.717, 1.165) is 11.3 Å². The molecule has 0 amide bonds. The summed E-state index contributed by atoms with van der Waals surface area (Å²) in [4.78, 5) is 13.5. The van der Waals surface area contributed by atoms with Crippen molar-refractivity contribution in [1.82, 2.24) is 0 Å². The number of anilines is 1. The second-order valence-corrected chi connectivity index (χ2v) is 5.44. The Morgan fingerprint density at radius 3 is 2.62 bits per heavy atom. The van der Waals surface area contributed by atoms with Crippen molar-refractivity contribution in [3.63, 3.8) is 0 Å². The molecule has 1 atom stereocenters. The summed E-state index contributed by atoms with van der Waals surface area (Å²) in [5.74, 6) is -1.28. The summed E-state index contributed by atoms with van der Waals surface area (Å²) in [6.07, 6.45) is 0.611. The highest BCUT2D eigenvalue weighted by Crippen LogP contribution is 2.34. The molecule has 0 saturated carbocycles. The first-order valence-corrected chi connectivity index (χ1v) is 6.97. The molecule has 0 radical (unpaired) electrons. The van der Waals surface area contributed by atoms with Crippen LogP contribution in [0.5, 0.6) is 0 Å². The minimum absolute atomic E-state index is 0.335. The maximum absolute atomic E-state index is 13.3. The normalized spacial score (nSPS) is 17.4. The number of hydrogen-bond acceptors (Lipinski definition) is 2. The van der Waals surface area contributed by atoms with Crippen molar-refractivity contribution in [2.45, 2.75) is 12.5 Å². The average Bonchev–Trinajstić information content (AvgIpc) is 2.46. The lowest BCUT2D eigenvalue weighted by Gasteiger charge is -2.36. The van der Waals surface area contributed by atoms with E-state index in [4.69, 9.17) is 11.6 Å². The molecule has 21 heavy (non-hydrogen) atoms. The first-order chi connectivity index (χ1) is 10.1. The summed E-state index contributed by atoms with van der Waals surface area (Å²) in [6.45, 7) is 0.523. The van der Waals surface area contributed by atoms with Crippen molar-refractivity contribution >= 4 is 23.3 Å². The number of fused-ring (bicyclic) bond motifs is 1. The molecule has 1 heterocycles. The number of halogens is 2. The molecule has 2 aromatic rings. The predicted molar refractivity (Wildman–Crippen MR) is 79.3 cm³/mol. The van der Waals surface area contributed by atoms with Gasteiger partial charge in [0.2, 0.25) is 0 Å². The van der Waals surface area contributed by atoms with Gasteiger partial charge in [-0.2, -0.15) is 0 Å². The second kappa shape index (κ2) is 5.37. The molecule has 1 N–H and O–H groups in total. The molecule has 2 aromatic carbocycles. The summed E-state index contributed by atoms with van der Waals surface area (Å²) in [5.41, 5.74) is 2.19. The molecule has 0 aromatic heterocycles. The smallest absolute Gasteiger partial charge is 0.331 e. The molecule has 1 aliphatic heterocycles. The molecule has 0 saturated heterocycles. The Morgan fingerprint density at radius 2 is 1.95 bits per heavy atom. The fourth-order valence-corrected chi connectivity index (χ4v) is 2.90. The van der Waals surface area contributed by atoms with E-state index in [9.17, 15) is 14.3 Å². The molecule has 3 nitrogen and oxygen atoms in total. The van der Waals surface area contributed by atoms with Crippen LogP contribution in [0.3, 0.4) is 0 Å². The Kier molecular flexibility index (Phi) is 3.55. The van der Waals surface area contributed by atoms with Crippen LogP contribution >= 0.6 is 11.6 Å². The van der Waals surface area contributed by atoms with Crippen LogP contribution in [0.2, 0.25) is 5.02 Å². The third-order valence-corrected chi connectivity index (χ3v) is 3.98. The minimum atomic E-state index is -0.947. The van der Waals surface area contributed by atoms with E-state index in [2.05, 4.69) is 0 Å². The molecule has 1 aliphatic rings. The molecule has 0 bridgehead atoms. The lowest BCUT2D eigenvalue weighted by atomic mass is 9.92. The van der Waals surface area contributed by atoms with E-state index >= 15 is 0 Å². The monoisotopic (exact) mass is 305 g/mol. The molecule has 0 spiro atoms. The van der Waals surface area contributed by atoms with Gasteiger partial charge in [-0.15, -0.1) is 0 Å². The van der Waals surface area contributed by atoms with Gasteiger partial charge >= 0.3 is 5.97 Å². The van der Waals surface area contributed by atoms with Crippen molar-refractivity contribution in [3.8, 4) is 0 Å². The molecule has 0 unspecified atom stereocenters. The Labute approximate surface area is 126 Å². The van der Waals surface area contributed by atoms with Crippen LogP contribution in [0.4, 0.5) is 10.1 Å².